The molecule has 5 nitrogen and oxygen atoms in total. The molecule has 0 radical (unpaired) electrons. The molecule has 86 valence electrons. The van der Waals surface area contributed by atoms with Crippen molar-refractivity contribution in [3.63, 3.8) is 0 Å². The van der Waals surface area contributed by atoms with Crippen LogP contribution in [0.4, 0.5) is 0 Å². The zero-order chi connectivity index (χ0) is 11.8. The van der Waals surface area contributed by atoms with Crippen molar-refractivity contribution in [2.45, 2.75) is 6.42 Å². The molecule has 0 bridgehead atoms. The van der Waals surface area contributed by atoms with Crippen LogP contribution in [0.1, 0.15) is 5.56 Å². The molecule has 16 heavy (non-hydrogen) atoms. The fourth-order valence-corrected chi connectivity index (χ4v) is 2.21. The van der Waals surface area contributed by atoms with Gasteiger partial charge in [-0.15, -0.1) is 0 Å². The molecule has 0 aliphatic heterocycles. The lowest BCUT2D eigenvalue weighted by atomic mass is 10.1. The van der Waals surface area contributed by atoms with Crippen molar-refractivity contribution >= 4 is 20.9 Å². The molecular formula is C10H12N2O3S. The number of aromatic nitrogens is 2. The first-order valence-electron chi connectivity index (χ1n) is 4.83. The van der Waals surface area contributed by atoms with Gasteiger partial charge in [-0.3, -0.25) is 0 Å². The van der Waals surface area contributed by atoms with E-state index in [4.69, 9.17) is 0 Å². The Bertz CT molecular complexity index is 667. The highest BCUT2D eigenvalue weighted by Crippen LogP contribution is 2.13. The highest BCUT2D eigenvalue weighted by atomic mass is 32.2. The van der Waals surface area contributed by atoms with Crippen LogP contribution < -0.4 is 5.69 Å². The first-order chi connectivity index (χ1) is 7.46. The Balaban J connectivity index is 2.41. The summed E-state index contributed by atoms with van der Waals surface area (Å²) in [4.78, 5) is 16.4. The van der Waals surface area contributed by atoms with Crippen molar-refractivity contribution in [1.29, 1.82) is 0 Å². The van der Waals surface area contributed by atoms with E-state index in [0.29, 0.717) is 17.5 Å². The number of hydrogen-bond donors (Lipinski definition) is 2. The molecule has 2 aromatic rings. The summed E-state index contributed by atoms with van der Waals surface area (Å²) in [6.45, 7) is 0. The van der Waals surface area contributed by atoms with Gasteiger partial charge in [-0.25, -0.2) is 13.2 Å². The number of benzene rings is 1. The first-order valence-corrected chi connectivity index (χ1v) is 6.89. The van der Waals surface area contributed by atoms with E-state index in [2.05, 4.69) is 9.97 Å². The number of para-hydroxylation sites is 1. The maximum Gasteiger partial charge on any atom is 0.323 e. The number of sulfone groups is 1. The van der Waals surface area contributed by atoms with E-state index in [1.165, 1.54) is 6.26 Å². The Kier molecular flexibility index (Phi) is 2.59. The summed E-state index contributed by atoms with van der Waals surface area (Å²) in [5, 5.41) is 0. The number of imidazole rings is 1. The van der Waals surface area contributed by atoms with Crippen LogP contribution in [0.15, 0.2) is 23.0 Å². The van der Waals surface area contributed by atoms with E-state index in [-0.39, 0.29) is 11.4 Å². The van der Waals surface area contributed by atoms with Crippen LogP contribution in [0.5, 0.6) is 0 Å². The summed E-state index contributed by atoms with van der Waals surface area (Å²) in [5.41, 5.74) is 1.95. The standard InChI is InChI=1S/C10H12N2O3S/c1-16(14,15)6-5-7-3-2-4-8-9(7)12-10(13)11-8/h2-4H,5-6H2,1H3,(H2,11,12,13). The zero-order valence-electron chi connectivity index (χ0n) is 8.78. The average molecular weight is 240 g/mol. The molecule has 1 aromatic heterocycles. The van der Waals surface area contributed by atoms with Crippen molar-refractivity contribution in [3.8, 4) is 0 Å². The summed E-state index contributed by atoms with van der Waals surface area (Å²) in [7, 11) is -2.99. The van der Waals surface area contributed by atoms with E-state index >= 15 is 0 Å². The van der Waals surface area contributed by atoms with Gasteiger partial charge in [0.2, 0.25) is 0 Å². The lowest BCUT2D eigenvalue weighted by Gasteiger charge is -2.01. The van der Waals surface area contributed by atoms with Crippen LogP contribution >= 0.6 is 0 Å². The van der Waals surface area contributed by atoms with Crippen molar-refractivity contribution < 1.29 is 8.42 Å². The maximum absolute atomic E-state index is 11.1. The second-order valence-corrected chi connectivity index (χ2v) is 6.06. The number of aromatic amines is 2. The molecule has 0 aliphatic carbocycles. The van der Waals surface area contributed by atoms with Crippen molar-refractivity contribution in [2.24, 2.45) is 0 Å². The van der Waals surface area contributed by atoms with Crippen LogP contribution in [0.25, 0.3) is 11.0 Å². The molecule has 2 rings (SSSR count). The lowest BCUT2D eigenvalue weighted by molar-refractivity contribution is 0.601. The SMILES string of the molecule is CS(=O)(=O)CCc1cccc2[nH]c(=O)[nH]c12. The van der Waals surface area contributed by atoms with Gasteiger partial charge >= 0.3 is 5.69 Å². The second-order valence-electron chi connectivity index (χ2n) is 3.80. The topological polar surface area (TPSA) is 82.8 Å². The molecule has 0 saturated heterocycles. The Morgan fingerprint density at radius 3 is 2.69 bits per heavy atom. The minimum atomic E-state index is -2.99. The van der Waals surface area contributed by atoms with Gasteiger partial charge in [0.1, 0.15) is 9.84 Å². The van der Waals surface area contributed by atoms with Gasteiger partial charge in [0, 0.05) is 6.26 Å². The van der Waals surface area contributed by atoms with Crippen LogP contribution in [-0.2, 0) is 16.3 Å². The Morgan fingerprint density at radius 1 is 1.25 bits per heavy atom. The predicted molar refractivity (Wildman–Crippen MR) is 62.3 cm³/mol. The summed E-state index contributed by atoms with van der Waals surface area (Å²) in [5.74, 6) is 0.0827. The van der Waals surface area contributed by atoms with E-state index in [1.807, 2.05) is 6.07 Å². The van der Waals surface area contributed by atoms with Gasteiger partial charge in [0.15, 0.2) is 0 Å². The van der Waals surface area contributed by atoms with Gasteiger partial charge < -0.3 is 9.97 Å². The molecular weight excluding hydrogens is 228 g/mol. The van der Waals surface area contributed by atoms with Crippen molar-refractivity contribution in [1.82, 2.24) is 9.97 Å². The number of fused-ring (bicyclic) bond motifs is 1. The zero-order valence-corrected chi connectivity index (χ0v) is 9.60. The largest absolute Gasteiger partial charge is 0.323 e. The summed E-state index contributed by atoms with van der Waals surface area (Å²) in [6.07, 6.45) is 1.61. The molecule has 2 N–H and O–H groups in total. The molecule has 0 spiro atoms. The second kappa shape index (κ2) is 3.79. The molecule has 0 aliphatic rings. The fourth-order valence-electron chi connectivity index (χ4n) is 1.62. The molecule has 0 amide bonds. The van der Waals surface area contributed by atoms with Gasteiger partial charge in [-0.2, -0.15) is 0 Å². The van der Waals surface area contributed by atoms with E-state index < -0.39 is 9.84 Å². The van der Waals surface area contributed by atoms with E-state index in [9.17, 15) is 13.2 Å². The highest BCUT2D eigenvalue weighted by Gasteiger charge is 2.07. The molecule has 1 aromatic carbocycles. The van der Waals surface area contributed by atoms with Crippen molar-refractivity contribution in [3.05, 3.63) is 34.2 Å². The minimum absolute atomic E-state index is 0.0827. The Morgan fingerprint density at radius 2 is 2.00 bits per heavy atom. The lowest BCUT2D eigenvalue weighted by Crippen LogP contribution is -2.06. The number of rotatable bonds is 3. The van der Waals surface area contributed by atoms with Crippen LogP contribution in [0, 0.1) is 0 Å². The molecule has 0 fully saturated rings. The average Bonchev–Trinajstić information content (AvgIpc) is 2.54. The first kappa shape index (κ1) is 10.9. The Labute approximate surface area is 92.4 Å². The van der Waals surface area contributed by atoms with E-state index in [0.717, 1.165) is 5.56 Å². The number of aryl methyl sites for hydroxylation is 1. The molecule has 0 unspecified atom stereocenters. The third kappa shape index (κ3) is 2.33. The van der Waals surface area contributed by atoms with Gasteiger partial charge in [-0.05, 0) is 18.1 Å². The highest BCUT2D eigenvalue weighted by molar-refractivity contribution is 7.90. The fraction of sp³-hybridized carbons (Fsp3) is 0.300. The normalized spacial score (nSPS) is 12.1. The predicted octanol–water partition coefficient (Wildman–Crippen LogP) is 0.443. The third-order valence-corrected chi connectivity index (χ3v) is 3.33. The molecule has 6 heteroatoms. The molecule has 0 saturated carbocycles. The van der Waals surface area contributed by atoms with Crippen LogP contribution in [-0.4, -0.2) is 30.4 Å². The van der Waals surface area contributed by atoms with Gasteiger partial charge in [0.05, 0.1) is 16.8 Å². The van der Waals surface area contributed by atoms with Crippen molar-refractivity contribution in [2.75, 3.05) is 12.0 Å². The third-order valence-electron chi connectivity index (χ3n) is 2.38. The Hall–Kier alpha value is -1.56. The monoisotopic (exact) mass is 240 g/mol. The minimum Gasteiger partial charge on any atom is -0.306 e. The quantitative estimate of drug-likeness (QED) is 0.816. The number of nitrogens with one attached hydrogen (secondary N) is 2. The summed E-state index contributed by atoms with van der Waals surface area (Å²) < 4.78 is 22.1. The van der Waals surface area contributed by atoms with Crippen LogP contribution in [0.3, 0.4) is 0 Å². The summed E-state index contributed by atoms with van der Waals surface area (Å²) in [6, 6.07) is 5.39. The van der Waals surface area contributed by atoms with Gasteiger partial charge in [0.25, 0.3) is 0 Å². The smallest absolute Gasteiger partial charge is 0.306 e. The van der Waals surface area contributed by atoms with E-state index in [1.54, 1.807) is 12.1 Å². The molecule has 0 atom stereocenters. The number of hydrogen-bond acceptors (Lipinski definition) is 3. The summed E-state index contributed by atoms with van der Waals surface area (Å²) >= 11 is 0. The van der Waals surface area contributed by atoms with Crippen LogP contribution in [0.2, 0.25) is 0 Å². The molecule has 1 heterocycles. The maximum atomic E-state index is 11.1. The number of H-pyrrole nitrogens is 2. The van der Waals surface area contributed by atoms with Gasteiger partial charge in [-0.1, -0.05) is 12.1 Å².